The van der Waals surface area contributed by atoms with Gasteiger partial charge in [0.05, 0.1) is 12.2 Å². The fraction of sp³-hybridized carbons (Fsp3) is 1.00. The normalized spacial score (nSPS) is 31.7. The van der Waals surface area contributed by atoms with Crippen molar-refractivity contribution >= 4 is 0 Å². The predicted octanol–water partition coefficient (Wildman–Crippen LogP) is 2.60. The van der Waals surface area contributed by atoms with Gasteiger partial charge in [0, 0.05) is 12.5 Å². The van der Waals surface area contributed by atoms with Gasteiger partial charge in [-0.15, -0.1) is 0 Å². The Kier molecular flexibility index (Phi) is 4.90. The van der Waals surface area contributed by atoms with Crippen LogP contribution in [0.2, 0.25) is 0 Å². The third-order valence-corrected chi connectivity index (χ3v) is 3.50. The minimum atomic E-state index is -0.155. The molecular formula is C12H24O2. The molecule has 1 aliphatic heterocycles. The molecule has 0 bridgehead atoms. The van der Waals surface area contributed by atoms with E-state index in [1.54, 1.807) is 0 Å². The Morgan fingerprint density at radius 1 is 1.43 bits per heavy atom. The fourth-order valence-electron chi connectivity index (χ4n) is 2.28. The van der Waals surface area contributed by atoms with Crippen molar-refractivity contribution < 1.29 is 9.84 Å². The lowest BCUT2D eigenvalue weighted by Crippen LogP contribution is -2.29. The first-order chi connectivity index (χ1) is 6.69. The Morgan fingerprint density at radius 3 is 2.71 bits per heavy atom. The first kappa shape index (κ1) is 12.0. The molecule has 1 fully saturated rings. The van der Waals surface area contributed by atoms with E-state index in [0.29, 0.717) is 17.9 Å². The molecule has 14 heavy (non-hydrogen) atoms. The van der Waals surface area contributed by atoms with E-state index in [1.165, 1.54) is 0 Å². The van der Waals surface area contributed by atoms with Crippen LogP contribution < -0.4 is 0 Å². The maximum Gasteiger partial charge on any atom is 0.0626 e. The van der Waals surface area contributed by atoms with Crippen molar-refractivity contribution in [2.45, 2.75) is 58.7 Å². The Morgan fingerprint density at radius 2 is 2.14 bits per heavy atom. The number of hydrogen-bond donors (Lipinski definition) is 1. The number of hydrogen-bond acceptors (Lipinski definition) is 2. The van der Waals surface area contributed by atoms with Crippen LogP contribution in [0.1, 0.15) is 46.5 Å². The lowest BCUT2D eigenvalue weighted by molar-refractivity contribution is 0.0213. The van der Waals surface area contributed by atoms with Crippen molar-refractivity contribution in [3.8, 4) is 0 Å². The molecule has 0 aromatic carbocycles. The quantitative estimate of drug-likeness (QED) is 0.739. The third kappa shape index (κ3) is 2.96. The lowest BCUT2D eigenvalue weighted by atomic mass is 9.87. The van der Waals surface area contributed by atoms with Crippen LogP contribution in [-0.2, 0) is 4.74 Å². The van der Waals surface area contributed by atoms with Crippen LogP contribution in [0.5, 0.6) is 0 Å². The monoisotopic (exact) mass is 200 g/mol. The molecule has 0 spiro atoms. The molecule has 1 N–H and O–H groups in total. The minimum absolute atomic E-state index is 0.155. The molecule has 1 rings (SSSR count). The molecule has 0 aromatic heterocycles. The Bertz CT molecular complexity index is 158. The molecule has 4 atom stereocenters. The van der Waals surface area contributed by atoms with Gasteiger partial charge in [-0.3, -0.25) is 0 Å². The minimum Gasteiger partial charge on any atom is -0.393 e. The average molecular weight is 200 g/mol. The summed E-state index contributed by atoms with van der Waals surface area (Å²) >= 11 is 0. The summed E-state index contributed by atoms with van der Waals surface area (Å²) in [5.74, 6) is 1.01. The summed E-state index contributed by atoms with van der Waals surface area (Å²) in [6.07, 6.45) is 4.30. The molecule has 0 amide bonds. The van der Waals surface area contributed by atoms with E-state index in [2.05, 4.69) is 20.8 Å². The van der Waals surface area contributed by atoms with Crippen LogP contribution >= 0.6 is 0 Å². The molecule has 0 aromatic rings. The second kappa shape index (κ2) is 5.72. The molecule has 4 unspecified atom stereocenters. The summed E-state index contributed by atoms with van der Waals surface area (Å²) in [5, 5.41) is 10.1. The van der Waals surface area contributed by atoms with Crippen LogP contribution in [0.25, 0.3) is 0 Å². The molecule has 2 nitrogen and oxygen atoms in total. The van der Waals surface area contributed by atoms with Gasteiger partial charge in [0.2, 0.25) is 0 Å². The van der Waals surface area contributed by atoms with Crippen molar-refractivity contribution in [1.29, 1.82) is 0 Å². The third-order valence-electron chi connectivity index (χ3n) is 3.50. The van der Waals surface area contributed by atoms with Crippen molar-refractivity contribution in [3.63, 3.8) is 0 Å². The van der Waals surface area contributed by atoms with Gasteiger partial charge < -0.3 is 9.84 Å². The van der Waals surface area contributed by atoms with Crippen LogP contribution in [0.3, 0.4) is 0 Å². The van der Waals surface area contributed by atoms with Crippen molar-refractivity contribution in [3.05, 3.63) is 0 Å². The predicted molar refractivity (Wildman–Crippen MR) is 58.2 cm³/mol. The molecular weight excluding hydrogens is 176 g/mol. The summed E-state index contributed by atoms with van der Waals surface area (Å²) in [6, 6.07) is 0. The summed E-state index contributed by atoms with van der Waals surface area (Å²) in [4.78, 5) is 0. The van der Waals surface area contributed by atoms with Gasteiger partial charge in [-0.2, -0.15) is 0 Å². The van der Waals surface area contributed by atoms with Gasteiger partial charge in [0.1, 0.15) is 0 Å². The second-order valence-corrected chi connectivity index (χ2v) is 4.59. The van der Waals surface area contributed by atoms with Gasteiger partial charge in [-0.1, -0.05) is 27.2 Å². The van der Waals surface area contributed by atoms with Gasteiger partial charge >= 0.3 is 0 Å². The Labute approximate surface area is 87.7 Å². The lowest BCUT2D eigenvalue weighted by Gasteiger charge is -2.24. The smallest absolute Gasteiger partial charge is 0.0626 e. The number of aliphatic hydroxyl groups is 1. The standard InChI is InChI=1S/C12H24O2/c1-4-9(3)8-11(13)10-6-7-14-12(10)5-2/h9-13H,4-8H2,1-3H3. The van der Waals surface area contributed by atoms with Crippen LogP contribution in [-0.4, -0.2) is 23.9 Å². The summed E-state index contributed by atoms with van der Waals surface area (Å²) in [7, 11) is 0. The molecule has 0 radical (unpaired) electrons. The second-order valence-electron chi connectivity index (χ2n) is 4.59. The molecule has 1 heterocycles. The van der Waals surface area contributed by atoms with Crippen molar-refractivity contribution in [1.82, 2.24) is 0 Å². The SMILES string of the molecule is CCC(C)CC(O)C1CCOC1CC. The van der Waals surface area contributed by atoms with Gasteiger partial charge in [-0.05, 0) is 25.2 Å². The first-order valence-corrected chi connectivity index (χ1v) is 5.98. The molecule has 1 saturated heterocycles. The van der Waals surface area contributed by atoms with Crippen LogP contribution in [0, 0.1) is 11.8 Å². The van der Waals surface area contributed by atoms with E-state index in [-0.39, 0.29) is 6.10 Å². The Hall–Kier alpha value is -0.0800. The zero-order valence-corrected chi connectivity index (χ0v) is 9.70. The van der Waals surface area contributed by atoms with E-state index < -0.39 is 0 Å². The molecule has 0 saturated carbocycles. The summed E-state index contributed by atoms with van der Waals surface area (Å²) in [6.45, 7) is 7.36. The Balaban J connectivity index is 2.38. The van der Waals surface area contributed by atoms with Crippen LogP contribution in [0.4, 0.5) is 0 Å². The van der Waals surface area contributed by atoms with E-state index in [9.17, 15) is 5.11 Å². The zero-order valence-electron chi connectivity index (χ0n) is 9.70. The van der Waals surface area contributed by atoms with E-state index in [0.717, 1.165) is 32.3 Å². The van der Waals surface area contributed by atoms with Crippen molar-refractivity contribution in [2.75, 3.05) is 6.61 Å². The summed E-state index contributed by atoms with van der Waals surface area (Å²) < 4.78 is 5.59. The van der Waals surface area contributed by atoms with Gasteiger partial charge in [-0.25, -0.2) is 0 Å². The van der Waals surface area contributed by atoms with E-state index in [4.69, 9.17) is 4.74 Å². The van der Waals surface area contributed by atoms with E-state index >= 15 is 0 Å². The molecule has 84 valence electrons. The van der Waals surface area contributed by atoms with Crippen molar-refractivity contribution in [2.24, 2.45) is 11.8 Å². The molecule has 2 heteroatoms. The average Bonchev–Trinajstić information content (AvgIpc) is 2.65. The number of rotatable bonds is 5. The van der Waals surface area contributed by atoms with E-state index in [1.807, 2.05) is 0 Å². The maximum absolute atomic E-state index is 10.1. The largest absolute Gasteiger partial charge is 0.393 e. The summed E-state index contributed by atoms with van der Waals surface area (Å²) in [5.41, 5.74) is 0. The fourth-order valence-corrected chi connectivity index (χ4v) is 2.28. The number of ether oxygens (including phenoxy) is 1. The highest BCUT2D eigenvalue weighted by molar-refractivity contribution is 4.81. The van der Waals surface area contributed by atoms with Gasteiger partial charge in [0.25, 0.3) is 0 Å². The zero-order chi connectivity index (χ0) is 10.6. The van der Waals surface area contributed by atoms with Crippen LogP contribution in [0.15, 0.2) is 0 Å². The highest BCUT2D eigenvalue weighted by atomic mass is 16.5. The molecule has 0 aliphatic carbocycles. The topological polar surface area (TPSA) is 29.5 Å². The maximum atomic E-state index is 10.1. The highest BCUT2D eigenvalue weighted by Crippen LogP contribution is 2.29. The number of aliphatic hydroxyl groups excluding tert-OH is 1. The first-order valence-electron chi connectivity index (χ1n) is 5.98. The van der Waals surface area contributed by atoms with Gasteiger partial charge in [0.15, 0.2) is 0 Å². The molecule has 1 aliphatic rings. The highest BCUT2D eigenvalue weighted by Gasteiger charge is 2.32.